The quantitative estimate of drug-likeness (QED) is 0.626. The maximum atomic E-state index is 11.9. The topological polar surface area (TPSA) is 80.6 Å². The van der Waals surface area contributed by atoms with Crippen molar-refractivity contribution in [1.82, 2.24) is 5.32 Å². The molecule has 122 valence electrons. The maximum absolute atomic E-state index is 11.9. The third-order valence-corrected chi connectivity index (χ3v) is 3.85. The highest BCUT2D eigenvalue weighted by molar-refractivity contribution is 7.98. The number of amides is 2. The molecule has 1 unspecified atom stereocenters. The van der Waals surface area contributed by atoms with Crippen LogP contribution in [0, 0.1) is 0 Å². The highest BCUT2D eigenvalue weighted by Gasteiger charge is 2.18. The van der Waals surface area contributed by atoms with Gasteiger partial charge in [0.05, 0.1) is 12.8 Å². The van der Waals surface area contributed by atoms with Crippen LogP contribution in [-0.4, -0.2) is 31.7 Å². The zero-order valence-corrected chi connectivity index (χ0v) is 13.7. The van der Waals surface area contributed by atoms with Crippen LogP contribution >= 0.6 is 11.8 Å². The predicted molar refractivity (Wildman–Crippen MR) is 88.3 cm³/mol. The Morgan fingerprint density at radius 3 is 2.74 bits per heavy atom. The number of methoxy groups -OCH3 is 1. The fourth-order valence-electron chi connectivity index (χ4n) is 1.93. The summed E-state index contributed by atoms with van der Waals surface area (Å²) < 4.78 is 10.5. The summed E-state index contributed by atoms with van der Waals surface area (Å²) in [6.45, 7) is 0.140. The number of hydrogen-bond donors (Lipinski definition) is 2. The highest BCUT2D eigenvalue weighted by Crippen LogP contribution is 2.19. The summed E-state index contributed by atoms with van der Waals surface area (Å²) in [6, 6.07) is 10.7. The number of rotatable bonds is 6. The lowest BCUT2D eigenvalue weighted by Crippen LogP contribution is -2.37. The number of carbonyl (C=O) groups excluding carboxylic acids is 2. The molecule has 6 nitrogen and oxygen atoms in total. The first-order valence-electron chi connectivity index (χ1n) is 6.93. The molecule has 1 atom stereocenters. The number of benzene rings is 1. The number of furan rings is 1. The summed E-state index contributed by atoms with van der Waals surface area (Å²) in [4.78, 5) is 24.8. The number of hydrogen-bond acceptors (Lipinski definition) is 5. The van der Waals surface area contributed by atoms with E-state index >= 15 is 0 Å². The van der Waals surface area contributed by atoms with E-state index < -0.39 is 17.9 Å². The lowest BCUT2D eigenvalue weighted by molar-refractivity contribution is -0.136. The Labute approximate surface area is 138 Å². The lowest BCUT2D eigenvalue weighted by atomic mass is 10.2. The molecule has 23 heavy (non-hydrogen) atoms. The molecular weight excluding hydrogens is 316 g/mol. The number of thioether (sulfide) groups is 1. The molecule has 0 aliphatic heterocycles. The summed E-state index contributed by atoms with van der Waals surface area (Å²) in [5.74, 6) is -0.869. The molecule has 2 N–H and O–H groups in total. The molecule has 0 bridgehead atoms. The molecule has 1 heterocycles. The summed E-state index contributed by atoms with van der Waals surface area (Å²) in [5.41, 5.74) is 0.575. The number of nitrogens with one attached hydrogen (secondary N) is 2. The van der Waals surface area contributed by atoms with Gasteiger partial charge in [-0.15, -0.1) is 11.8 Å². The van der Waals surface area contributed by atoms with Gasteiger partial charge < -0.3 is 19.8 Å². The van der Waals surface area contributed by atoms with Gasteiger partial charge in [0, 0.05) is 17.7 Å². The van der Waals surface area contributed by atoms with Crippen molar-refractivity contribution in [3.63, 3.8) is 0 Å². The van der Waals surface area contributed by atoms with Crippen molar-refractivity contribution in [3.8, 4) is 0 Å². The Morgan fingerprint density at radius 2 is 2.09 bits per heavy atom. The SMILES string of the molecule is COC(CNC(=O)C(=O)Nc1cccc(SC)c1)c1ccco1. The number of carbonyl (C=O) groups is 2. The van der Waals surface area contributed by atoms with Crippen molar-refractivity contribution < 1.29 is 18.7 Å². The molecule has 1 aromatic heterocycles. The average molecular weight is 334 g/mol. The van der Waals surface area contributed by atoms with Crippen LogP contribution in [0.2, 0.25) is 0 Å². The van der Waals surface area contributed by atoms with E-state index in [0.717, 1.165) is 4.90 Å². The van der Waals surface area contributed by atoms with E-state index in [1.54, 1.807) is 36.0 Å². The largest absolute Gasteiger partial charge is 0.467 e. The van der Waals surface area contributed by atoms with Crippen LogP contribution in [0.3, 0.4) is 0 Å². The Balaban J connectivity index is 1.88. The fraction of sp³-hybridized carbons (Fsp3) is 0.250. The van der Waals surface area contributed by atoms with Crippen molar-refractivity contribution in [2.24, 2.45) is 0 Å². The van der Waals surface area contributed by atoms with Crippen LogP contribution < -0.4 is 10.6 Å². The average Bonchev–Trinajstić information content (AvgIpc) is 3.09. The summed E-state index contributed by atoms with van der Waals surface area (Å²) >= 11 is 1.56. The van der Waals surface area contributed by atoms with Crippen LogP contribution in [0.1, 0.15) is 11.9 Å². The third kappa shape index (κ3) is 4.87. The minimum Gasteiger partial charge on any atom is -0.467 e. The Hall–Kier alpha value is -2.25. The first kappa shape index (κ1) is 17.1. The van der Waals surface area contributed by atoms with Crippen LogP contribution in [-0.2, 0) is 14.3 Å². The molecule has 0 radical (unpaired) electrons. The minimum absolute atomic E-state index is 0.140. The Kier molecular flexibility index (Phi) is 6.25. The van der Waals surface area contributed by atoms with Crippen LogP contribution in [0.4, 0.5) is 5.69 Å². The van der Waals surface area contributed by atoms with Gasteiger partial charge in [0.2, 0.25) is 0 Å². The maximum Gasteiger partial charge on any atom is 0.313 e. The lowest BCUT2D eigenvalue weighted by Gasteiger charge is -2.13. The second-order valence-electron chi connectivity index (χ2n) is 4.64. The van der Waals surface area contributed by atoms with Gasteiger partial charge in [-0.05, 0) is 36.6 Å². The minimum atomic E-state index is -0.729. The van der Waals surface area contributed by atoms with E-state index in [9.17, 15) is 9.59 Å². The highest BCUT2D eigenvalue weighted by atomic mass is 32.2. The van der Waals surface area contributed by atoms with Gasteiger partial charge in [-0.3, -0.25) is 9.59 Å². The standard InChI is InChI=1S/C16H18N2O4S/c1-21-14(13-7-4-8-22-13)10-17-15(19)16(20)18-11-5-3-6-12(9-11)23-2/h3-9,14H,10H2,1-2H3,(H,17,19)(H,18,20). The molecule has 2 aromatic rings. The zero-order valence-electron chi connectivity index (χ0n) is 12.9. The van der Waals surface area contributed by atoms with Crippen molar-refractivity contribution in [2.75, 3.05) is 25.2 Å². The zero-order chi connectivity index (χ0) is 16.7. The summed E-state index contributed by atoms with van der Waals surface area (Å²) in [6.07, 6.45) is 3.02. The Bertz CT molecular complexity index is 658. The van der Waals surface area contributed by atoms with Crippen LogP contribution in [0.15, 0.2) is 52.0 Å². The van der Waals surface area contributed by atoms with Crippen molar-refractivity contribution in [3.05, 3.63) is 48.4 Å². The monoisotopic (exact) mass is 334 g/mol. The molecule has 2 rings (SSSR count). The van der Waals surface area contributed by atoms with E-state index in [2.05, 4.69) is 10.6 Å². The van der Waals surface area contributed by atoms with E-state index in [4.69, 9.17) is 9.15 Å². The van der Waals surface area contributed by atoms with Gasteiger partial charge in [-0.25, -0.2) is 0 Å². The van der Waals surface area contributed by atoms with E-state index in [-0.39, 0.29) is 6.54 Å². The first-order valence-corrected chi connectivity index (χ1v) is 8.16. The molecule has 2 amide bonds. The number of anilines is 1. The van der Waals surface area contributed by atoms with Crippen molar-refractivity contribution >= 4 is 29.3 Å². The normalized spacial score (nSPS) is 11.7. The van der Waals surface area contributed by atoms with Gasteiger partial charge >= 0.3 is 11.8 Å². The van der Waals surface area contributed by atoms with Gasteiger partial charge in [-0.2, -0.15) is 0 Å². The molecule has 0 fully saturated rings. The van der Waals surface area contributed by atoms with Crippen LogP contribution in [0.5, 0.6) is 0 Å². The number of ether oxygens (including phenoxy) is 1. The molecule has 0 saturated carbocycles. The van der Waals surface area contributed by atoms with Crippen molar-refractivity contribution in [1.29, 1.82) is 0 Å². The van der Waals surface area contributed by atoms with Gasteiger partial charge in [-0.1, -0.05) is 6.07 Å². The van der Waals surface area contributed by atoms with Gasteiger partial charge in [0.25, 0.3) is 0 Å². The second kappa shape index (κ2) is 8.40. The Morgan fingerprint density at radius 1 is 1.26 bits per heavy atom. The smallest absolute Gasteiger partial charge is 0.313 e. The predicted octanol–water partition coefficient (Wildman–Crippen LogP) is 2.44. The molecule has 1 aromatic carbocycles. The summed E-state index contributed by atoms with van der Waals surface area (Å²) in [5, 5.41) is 5.09. The molecule has 0 spiro atoms. The molecule has 0 aliphatic carbocycles. The van der Waals surface area contributed by atoms with E-state index in [0.29, 0.717) is 11.4 Å². The van der Waals surface area contributed by atoms with Crippen LogP contribution in [0.25, 0.3) is 0 Å². The van der Waals surface area contributed by atoms with Gasteiger partial charge in [0.1, 0.15) is 11.9 Å². The van der Waals surface area contributed by atoms with E-state index in [1.165, 1.54) is 13.4 Å². The molecular formula is C16H18N2O4S. The van der Waals surface area contributed by atoms with Gasteiger partial charge in [0.15, 0.2) is 0 Å². The second-order valence-corrected chi connectivity index (χ2v) is 5.52. The molecule has 0 aliphatic rings. The fourth-order valence-corrected chi connectivity index (χ4v) is 2.39. The van der Waals surface area contributed by atoms with E-state index in [1.807, 2.05) is 18.4 Å². The van der Waals surface area contributed by atoms with Crippen molar-refractivity contribution in [2.45, 2.75) is 11.0 Å². The third-order valence-electron chi connectivity index (χ3n) is 3.13. The molecule has 7 heteroatoms. The summed E-state index contributed by atoms with van der Waals surface area (Å²) in [7, 11) is 1.51. The molecule has 0 saturated heterocycles. The first-order chi connectivity index (χ1) is 11.1.